The van der Waals surface area contributed by atoms with Crippen molar-refractivity contribution in [2.45, 2.75) is 6.54 Å². The summed E-state index contributed by atoms with van der Waals surface area (Å²) in [7, 11) is 0. The average Bonchev–Trinajstić information content (AvgIpc) is 2.75. The highest BCUT2D eigenvalue weighted by Crippen LogP contribution is 2.31. The fraction of sp³-hybridized carbons (Fsp3) is 0.500. The van der Waals surface area contributed by atoms with Gasteiger partial charge in [0, 0.05) is 12.1 Å². The number of nitrogens with zero attached hydrogens (tertiary/aromatic N) is 1. The van der Waals surface area contributed by atoms with E-state index in [9.17, 15) is 0 Å². The summed E-state index contributed by atoms with van der Waals surface area (Å²) in [4.78, 5) is 0. The molecule has 0 radical (unpaired) electrons. The molecule has 3 rings (SSSR count). The van der Waals surface area contributed by atoms with Gasteiger partial charge in [0.25, 0.3) is 0 Å². The van der Waals surface area contributed by atoms with Crippen LogP contribution >= 0.6 is 0 Å². The van der Waals surface area contributed by atoms with Crippen molar-refractivity contribution < 1.29 is 33.0 Å². The third-order valence-corrected chi connectivity index (χ3v) is 4.27. The van der Waals surface area contributed by atoms with Crippen molar-refractivity contribution in [1.29, 1.82) is 0 Å². The highest BCUT2D eigenvalue weighted by molar-refractivity contribution is 5.46. The van der Waals surface area contributed by atoms with Crippen molar-refractivity contribution in [3.63, 3.8) is 0 Å². The Balaban J connectivity index is 1.65. The van der Waals surface area contributed by atoms with Crippen molar-refractivity contribution in [2.75, 3.05) is 66.1 Å². The molecule has 7 nitrogen and oxygen atoms in total. The van der Waals surface area contributed by atoms with Crippen molar-refractivity contribution in [2.24, 2.45) is 0 Å². The van der Waals surface area contributed by atoms with Gasteiger partial charge in [0.1, 0.15) is 13.2 Å². The van der Waals surface area contributed by atoms with E-state index in [-0.39, 0.29) is 0 Å². The first-order chi connectivity index (χ1) is 14.4. The maximum Gasteiger partial charge on any atom is 0.177 e. The topological polar surface area (TPSA) is 59.3 Å². The number of aromatic nitrogens is 1. The van der Waals surface area contributed by atoms with Crippen molar-refractivity contribution >= 4 is 0 Å². The molecule has 2 heterocycles. The summed E-state index contributed by atoms with van der Waals surface area (Å²) in [6.45, 7) is 5.77. The Morgan fingerprint density at radius 1 is 0.586 bits per heavy atom. The average molecular weight is 404 g/mol. The minimum atomic E-state index is 0.437. The lowest BCUT2D eigenvalue weighted by Gasteiger charge is -2.16. The number of fused-ring (bicyclic) bond motifs is 1. The smallest absolute Gasteiger partial charge is 0.177 e. The van der Waals surface area contributed by atoms with Gasteiger partial charge in [-0.1, -0.05) is 12.1 Å². The van der Waals surface area contributed by atoms with Crippen molar-refractivity contribution in [3.05, 3.63) is 54.4 Å². The molecule has 0 atom stereocenters. The minimum absolute atomic E-state index is 0.437. The number of hydrogen-bond donors (Lipinski definition) is 0. The van der Waals surface area contributed by atoms with Crippen LogP contribution in [-0.4, -0.2) is 66.1 Å². The van der Waals surface area contributed by atoms with Crippen LogP contribution in [0.1, 0.15) is 5.56 Å². The summed E-state index contributed by atoms with van der Waals surface area (Å²) in [5, 5.41) is 0. The maximum atomic E-state index is 6.07. The molecule has 1 aromatic carbocycles. The highest BCUT2D eigenvalue weighted by atomic mass is 16.6. The van der Waals surface area contributed by atoms with Crippen LogP contribution in [0.2, 0.25) is 0 Å². The Bertz CT molecular complexity index is 697. The first kappa shape index (κ1) is 21.5. The van der Waals surface area contributed by atoms with Crippen LogP contribution < -0.4 is 14.0 Å². The zero-order valence-electron chi connectivity index (χ0n) is 16.8. The Morgan fingerprint density at radius 2 is 1.14 bits per heavy atom. The molecule has 0 saturated heterocycles. The van der Waals surface area contributed by atoms with Gasteiger partial charge in [-0.3, -0.25) is 0 Å². The molecular weight excluding hydrogens is 374 g/mol. The summed E-state index contributed by atoms with van der Waals surface area (Å²) in [5.41, 5.74) is 1.05. The van der Waals surface area contributed by atoms with Crippen LogP contribution in [0.3, 0.4) is 0 Å². The molecule has 0 spiro atoms. The molecule has 1 aliphatic heterocycles. The van der Waals surface area contributed by atoms with E-state index in [0.717, 1.165) is 11.3 Å². The maximum absolute atomic E-state index is 6.07. The molecule has 0 bridgehead atoms. The first-order valence-corrected chi connectivity index (χ1v) is 10.1. The molecule has 2 aromatic rings. The lowest BCUT2D eigenvalue weighted by atomic mass is 10.1. The third kappa shape index (κ3) is 7.98. The van der Waals surface area contributed by atoms with Gasteiger partial charge < -0.3 is 28.4 Å². The van der Waals surface area contributed by atoms with E-state index < -0.39 is 0 Å². The standard InChI is InChI=1S/C22H30NO6/c1-2-7-23(8-3-1)19-20-5-4-6-21-22(20)29-18-16-27-14-12-25-10-9-24-11-13-26-15-17-28-21/h1-8H,9-19H2/q+1. The predicted octanol–water partition coefficient (Wildman–Crippen LogP) is 1.86. The molecule has 0 fully saturated rings. The molecule has 1 aromatic heterocycles. The monoisotopic (exact) mass is 404 g/mol. The lowest BCUT2D eigenvalue weighted by Crippen LogP contribution is -2.33. The normalized spacial score (nSPS) is 17.8. The van der Waals surface area contributed by atoms with Gasteiger partial charge in [-0.25, -0.2) is 4.57 Å². The van der Waals surface area contributed by atoms with Crippen LogP contribution in [0.15, 0.2) is 48.8 Å². The Hall–Kier alpha value is -2.19. The fourth-order valence-corrected chi connectivity index (χ4v) is 2.87. The Kier molecular flexibility index (Phi) is 9.73. The summed E-state index contributed by atoms with van der Waals surface area (Å²) in [6, 6.07) is 12.0. The second kappa shape index (κ2) is 13.1. The van der Waals surface area contributed by atoms with Gasteiger partial charge in [-0.05, 0) is 12.1 Å². The van der Waals surface area contributed by atoms with Gasteiger partial charge in [0.15, 0.2) is 30.4 Å². The lowest BCUT2D eigenvalue weighted by molar-refractivity contribution is -0.688. The number of rotatable bonds is 2. The summed E-state index contributed by atoms with van der Waals surface area (Å²) in [6.07, 6.45) is 4.06. The largest absolute Gasteiger partial charge is 0.487 e. The van der Waals surface area contributed by atoms with Crippen LogP contribution in [0, 0.1) is 0 Å². The molecule has 0 saturated carbocycles. The minimum Gasteiger partial charge on any atom is -0.487 e. The van der Waals surface area contributed by atoms with Gasteiger partial charge in [-0.15, -0.1) is 0 Å². The van der Waals surface area contributed by atoms with Gasteiger partial charge >= 0.3 is 0 Å². The molecular formula is C22H30NO6+. The quantitative estimate of drug-likeness (QED) is 0.713. The molecule has 0 N–H and O–H groups in total. The number of pyridine rings is 1. The van der Waals surface area contributed by atoms with Gasteiger partial charge in [0.2, 0.25) is 0 Å². The predicted molar refractivity (Wildman–Crippen MR) is 106 cm³/mol. The van der Waals surface area contributed by atoms with Gasteiger partial charge in [0.05, 0.1) is 58.4 Å². The van der Waals surface area contributed by atoms with Crippen LogP contribution in [-0.2, 0) is 25.5 Å². The third-order valence-electron chi connectivity index (χ3n) is 4.27. The summed E-state index contributed by atoms with van der Waals surface area (Å²) >= 11 is 0. The molecule has 0 aliphatic carbocycles. The Morgan fingerprint density at radius 3 is 1.76 bits per heavy atom. The summed E-state index contributed by atoms with van der Waals surface area (Å²) in [5.74, 6) is 1.46. The van der Waals surface area contributed by atoms with Crippen molar-refractivity contribution in [3.8, 4) is 11.5 Å². The van der Waals surface area contributed by atoms with E-state index in [1.54, 1.807) is 0 Å². The first-order valence-electron chi connectivity index (χ1n) is 10.1. The molecule has 7 heteroatoms. The fourth-order valence-electron chi connectivity index (χ4n) is 2.87. The van der Waals surface area contributed by atoms with Crippen LogP contribution in [0.5, 0.6) is 11.5 Å². The van der Waals surface area contributed by atoms with Gasteiger partial charge in [-0.2, -0.15) is 0 Å². The zero-order valence-corrected chi connectivity index (χ0v) is 16.8. The SMILES string of the molecule is c1cc[n+](Cc2cccc3c2OCCOCCOCCOCCOCCO3)cc1. The zero-order chi connectivity index (χ0) is 20.0. The number of ether oxygens (including phenoxy) is 6. The number of benzene rings is 1. The molecule has 0 amide bonds. The van der Waals surface area contributed by atoms with Crippen LogP contribution in [0.4, 0.5) is 0 Å². The molecule has 1 aliphatic rings. The number of para-hydroxylation sites is 1. The summed E-state index contributed by atoms with van der Waals surface area (Å²) < 4.78 is 36.2. The second-order valence-electron chi connectivity index (χ2n) is 6.44. The molecule has 0 unspecified atom stereocenters. The van der Waals surface area contributed by atoms with E-state index in [4.69, 9.17) is 28.4 Å². The second-order valence-corrected chi connectivity index (χ2v) is 6.44. The Labute approximate surface area is 172 Å². The molecule has 29 heavy (non-hydrogen) atoms. The van der Waals surface area contributed by atoms with E-state index in [1.165, 1.54) is 0 Å². The van der Waals surface area contributed by atoms with Crippen molar-refractivity contribution in [1.82, 2.24) is 0 Å². The van der Waals surface area contributed by atoms with E-state index in [2.05, 4.69) is 10.6 Å². The van der Waals surface area contributed by atoms with E-state index in [1.807, 2.05) is 42.7 Å². The van der Waals surface area contributed by atoms with Crippen LogP contribution in [0.25, 0.3) is 0 Å². The van der Waals surface area contributed by atoms with E-state index >= 15 is 0 Å². The number of hydrogen-bond acceptors (Lipinski definition) is 6. The molecule has 158 valence electrons. The highest BCUT2D eigenvalue weighted by Gasteiger charge is 2.15. The van der Waals surface area contributed by atoms with E-state index in [0.29, 0.717) is 78.4 Å².